The molecule has 10 nitrogen and oxygen atoms in total. The van der Waals surface area contributed by atoms with Crippen LogP contribution in [0.5, 0.6) is 11.5 Å². The quantitative estimate of drug-likeness (QED) is 0.278. The average molecular weight is 530 g/mol. The molecule has 0 radical (unpaired) electrons. The summed E-state index contributed by atoms with van der Waals surface area (Å²) < 4.78 is 11.9. The summed E-state index contributed by atoms with van der Waals surface area (Å²) in [5.74, 6) is 1.64. The van der Waals surface area contributed by atoms with E-state index in [0.717, 1.165) is 54.9 Å². The number of amides is 1. The van der Waals surface area contributed by atoms with Gasteiger partial charge in [-0.1, -0.05) is 25.1 Å². The number of likely N-dealkylation sites (N-methyl/N-ethyl adjacent to an activating group) is 1. The highest BCUT2D eigenvalue weighted by Gasteiger charge is 2.17. The first-order valence-corrected chi connectivity index (χ1v) is 13.2. The number of fused-ring (bicyclic) bond motifs is 1. The van der Waals surface area contributed by atoms with Gasteiger partial charge in [0, 0.05) is 73.9 Å². The second-order valence-corrected chi connectivity index (χ2v) is 9.61. The van der Waals surface area contributed by atoms with Gasteiger partial charge < -0.3 is 30.0 Å². The second-order valence-electron chi connectivity index (χ2n) is 9.61. The van der Waals surface area contributed by atoms with Crippen molar-refractivity contribution < 1.29 is 14.3 Å². The minimum absolute atomic E-state index is 0.0984. The van der Waals surface area contributed by atoms with E-state index in [1.807, 2.05) is 43.5 Å². The molecule has 1 aliphatic heterocycles. The lowest BCUT2D eigenvalue weighted by Crippen LogP contribution is -2.45. The van der Waals surface area contributed by atoms with Crippen molar-refractivity contribution in [2.75, 3.05) is 64.1 Å². The number of hydrogen-bond donors (Lipinski definition) is 3. The molecule has 0 unspecified atom stereocenters. The van der Waals surface area contributed by atoms with Crippen LogP contribution in [0.4, 0.5) is 17.2 Å². The average Bonchev–Trinajstić information content (AvgIpc) is 3.39. The number of ether oxygens (including phenoxy) is 2. The van der Waals surface area contributed by atoms with Crippen LogP contribution < -0.4 is 20.1 Å². The number of benzene rings is 2. The zero-order chi connectivity index (χ0) is 27.2. The Hall–Kier alpha value is -4.15. The number of methoxy groups -OCH3 is 1. The lowest BCUT2D eigenvalue weighted by Gasteiger charge is -2.32. The number of anilines is 3. The number of H-pyrrole nitrogens is 1. The van der Waals surface area contributed by atoms with Gasteiger partial charge in [-0.15, -0.1) is 0 Å². The summed E-state index contributed by atoms with van der Waals surface area (Å²) in [6.07, 6.45) is 3.83. The number of hydrogen-bond acceptors (Lipinski definition) is 8. The minimum atomic E-state index is -0.0984. The van der Waals surface area contributed by atoms with Gasteiger partial charge in [-0.05, 0) is 19.2 Å². The summed E-state index contributed by atoms with van der Waals surface area (Å²) in [4.78, 5) is 29.3. The zero-order valence-corrected chi connectivity index (χ0v) is 22.7. The fourth-order valence-corrected chi connectivity index (χ4v) is 4.63. The molecule has 1 aliphatic rings. The molecule has 0 aliphatic carbocycles. The number of carbonyl (C=O) groups excluding carboxylic acids is 1. The third-order valence-electron chi connectivity index (χ3n) is 6.95. The van der Waals surface area contributed by atoms with Gasteiger partial charge in [0.25, 0.3) is 0 Å². The highest BCUT2D eigenvalue weighted by molar-refractivity contribution is 5.95. The van der Waals surface area contributed by atoms with Gasteiger partial charge in [-0.2, -0.15) is 0 Å². The normalized spacial score (nSPS) is 14.3. The standard InChI is InChI=1S/C29H35N7O3/c1-4-29(37)34-25-15-24(26(38-3)17-27(25)39-14-13-36-11-9-35(2)10-12-36)33-28-16-23(31-19-32-28)21-18-30-22-8-6-5-7-20(21)22/h5-8,15-19,30H,4,9-14H2,1-3H3,(H,34,37)(H,31,32,33). The van der Waals surface area contributed by atoms with Gasteiger partial charge >= 0.3 is 0 Å². The fraction of sp³-hybridized carbons (Fsp3) is 0.345. The maximum Gasteiger partial charge on any atom is 0.224 e. The van der Waals surface area contributed by atoms with Gasteiger partial charge in [0.15, 0.2) is 0 Å². The topological polar surface area (TPSA) is 108 Å². The lowest BCUT2D eigenvalue weighted by atomic mass is 10.1. The predicted molar refractivity (Wildman–Crippen MR) is 154 cm³/mol. The van der Waals surface area contributed by atoms with Crippen LogP contribution in [0.25, 0.3) is 22.2 Å². The van der Waals surface area contributed by atoms with Crippen LogP contribution in [-0.2, 0) is 4.79 Å². The fourth-order valence-electron chi connectivity index (χ4n) is 4.63. The summed E-state index contributed by atoms with van der Waals surface area (Å²) in [5, 5.41) is 7.39. The van der Waals surface area contributed by atoms with Crippen molar-refractivity contribution in [3.8, 4) is 22.8 Å². The van der Waals surface area contributed by atoms with Gasteiger partial charge in [-0.25, -0.2) is 9.97 Å². The molecule has 10 heteroatoms. The lowest BCUT2D eigenvalue weighted by molar-refractivity contribution is -0.115. The van der Waals surface area contributed by atoms with Crippen LogP contribution >= 0.6 is 0 Å². The first-order chi connectivity index (χ1) is 19.0. The molecule has 1 amide bonds. The van der Waals surface area contributed by atoms with Crippen molar-refractivity contribution in [3.63, 3.8) is 0 Å². The van der Waals surface area contributed by atoms with Crippen molar-refractivity contribution in [1.29, 1.82) is 0 Å². The number of aromatic amines is 1. The highest BCUT2D eigenvalue weighted by atomic mass is 16.5. The number of aromatic nitrogens is 3. The van der Waals surface area contributed by atoms with E-state index in [2.05, 4.69) is 48.5 Å². The SMILES string of the molecule is CCC(=O)Nc1cc(Nc2cc(-c3c[nH]c4ccccc34)ncn2)c(OC)cc1OCCN1CCN(C)CC1. The molecular weight excluding hydrogens is 494 g/mol. The number of nitrogens with zero attached hydrogens (tertiary/aromatic N) is 4. The maximum atomic E-state index is 12.3. The monoisotopic (exact) mass is 529 g/mol. The van der Waals surface area contributed by atoms with Crippen molar-refractivity contribution in [3.05, 3.63) is 55.0 Å². The van der Waals surface area contributed by atoms with Crippen molar-refractivity contribution in [2.24, 2.45) is 0 Å². The Balaban J connectivity index is 1.37. The molecule has 4 aromatic rings. The summed E-state index contributed by atoms with van der Waals surface area (Å²) >= 11 is 0. The van der Waals surface area contributed by atoms with Crippen LogP contribution in [-0.4, -0.2) is 84.1 Å². The molecule has 204 valence electrons. The molecule has 0 bridgehead atoms. The smallest absolute Gasteiger partial charge is 0.224 e. The first-order valence-electron chi connectivity index (χ1n) is 13.2. The molecule has 3 heterocycles. The van der Waals surface area contributed by atoms with Crippen molar-refractivity contribution in [1.82, 2.24) is 24.8 Å². The number of para-hydroxylation sites is 1. The Morgan fingerprint density at radius 3 is 2.67 bits per heavy atom. The molecule has 1 fully saturated rings. The van der Waals surface area contributed by atoms with E-state index in [-0.39, 0.29) is 5.91 Å². The van der Waals surface area contributed by atoms with Crippen LogP contribution in [0.1, 0.15) is 13.3 Å². The third kappa shape index (κ3) is 6.30. The molecule has 3 N–H and O–H groups in total. The van der Waals surface area contributed by atoms with E-state index in [1.165, 1.54) is 6.33 Å². The Labute approximate surface area is 228 Å². The summed E-state index contributed by atoms with van der Waals surface area (Å²) in [5.41, 5.74) is 4.05. The van der Waals surface area contributed by atoms with Crippen LogP contribution in [0.2, 0.25) is 0 Å². The van der Waals surface area contributed by atoms with E-state index in [9.17, 15) is 4.79 Å². The van der Waals surface area contributed by atoms with Gasteiger partial charge in [-0.3, -0.25) is 9.69 Å². The van der Waals surface area contributed by atoms with Gasteiger partial charge in [0.1, 0.15) is 30.3 Å². The number of rotatable bonds is 10. The van der Waals surface area contributed by atoms with E-state index in [0.29, 0.717) is 41.7 Å². The van der Waals surface area contributed by atoms with E-state index in [1.54, 1.807) is 13.2 Å². The van der Waals surface area contributed by atoms with Crippen LogP contribution in [0.3, 0.4) is 0 Å². The molecule has 1 saturated heterocycles. The molecular formula is C29H35N7O3. The van der Waals surface area contributed by atoms with Crippen LogP contribution in [0, 0.1) is 0 Å². The largest absolute Gasteiger partial charge is 0.494 e. The zero-order valence-electron chi connectivity index (χ0n) is 22.7. The Bertz CT molecular complexity index is 1430. The highest BCUT2D eigenvalue weighted by Crippen LogP contribution is 2.38. The van der Waals surface area contributed by atoms with Crippen molar-refractivity contribution in [2.45, 2.75) is 13.3 Å². The van der Waals surface area contributed by atoms with E-state index < -0.39 is 0 Å². The molecule has 0 atom stereocenters. The maximum absolute atomic E-state index is 12.3. The molecule has 2 aromatic heterocycles. The Kier molecular flexibility index (Phi) is 8.24. The van der Waals surface area contributed by atoms with E-state index >= 15 is 0 Å². The summed E-state index contributed by atoms with van der Waals surface area (Å²) in [6.45, 7) is 7.28. The van der Waals surface area contributed by atoms with E-state index in [4.69, 9.17) is 9.47 Å². The molecule has 0 saturated carbocycles. The van der Waals surface area contributed by atoms with Gasteiger partial charge in [0.2, 0.25) is 5.91 Å². The van der Waals surface area contributed by atoms with Crippen molar-refractivity contribution >= 4 is 34.0 Å². The summed E-state index contributed by atoms with van der Waals surface area (Å²) in [6, 6.07) is 13.6. The third-order valence-corrected chi connectivity index (χ3v) is 6.95. The Morgan fingerprint density at radius 2 is 1.87 bits per heavy atom. The van der Waals surface area contributed by atoms with Gasteiger partial charge in [0.05, 0.1) is 24.2 Å². The molecule has 0 spiro atoms. The molecule has 2 aromatic carbocycles. The van der Waals surface area contributed by atoms with Crippen LogP contribution in [0.15, 0.2) is 55.0 Å². The number of piperazine rings is 1. The first kappa shape index (κ1) is 26.5. The minimum Gasteiger partial charge on any atom is -0.494 e. The summed E-state index contributed by atoms with van der Waals surface area (Å²) in [7, 11) is 3.75. The predicted octanol–water partition coefficient (Wildman–Crippen LogP) is 4.35. The molecule has 39 heavy (non-hydrogen) atoms. The number of carbonyl (C=O) groups is 1. The number of nitrogens with one attached hydrogen (secondary N) is 3. The Morgan fingerprint density at radius 1 is 1.05 bits per heavy atom. The second kappa shape index (κ2) is 12.1. The molecule has 5 rings (SSSR count).